The van der Waals surface area contributed by atoms with Gasteiger partial charge in [-0.3, -0.25) is 9.78 Å². The Labute approximate surface area is 96.7 Å². The zero-order valence-electron chi connectivity index (χ0n) is 9.94. The monoisotopic (exact) mass is 221 g/mol. The number of nitrogens with zero attached hydrogens (tertiary/aromatic N) is 2. The molecule has 0 aliphatic carbocycles. The van der Waals surface area contributed by atoms with E-state index >= 15 is 0 Å². The third-order valence-corrected chi connectivity index (χ3v) is 2.40. The van der Waals surface area contributed by atoms with Crippen molar-refractivity contribution in [3.05, 3.63) is 30.1 Å². The summed E-state index contributed by atoms with van der Waals surface area (Å²) in [7, 11) is 1.85. The van der Waals surface area contributed by atoms with Crippen LogP contribution in [0.3, 0.4) is 0 Å². The molecule has 1 rings (SSSR count). The van der Waals surface area contributed by atoms with Gasteiger partial charge in [0.2, 0.25) is 5.91 Å². The van der Waals surface area contributed by atoms with E-state index in [1.165, 1.54) is 0 Å². The van der Waals surface area contributed by atoms with Gasteiger partial charge in [-0.05, 0) is 26.1 Å². The number of nitrogens with one attached hydrogen (secondary N) is 1. The number of rotatable bonds is 6. The van der Waals surface area contributed by atoms with Crippen LogP contribution >= 0.6 is 0 Å². The quantitative estimate of drug-likeness (QED) is 0.780. The highest BCUT2D eigenvalue weighted by molar-refractivity contribution is 5.76. The van der Waals surface area contributed by atoms with Crippen molar-refractivity contribution in [3.63, 3.8) is 0 Å². The Morgan fingerprint density at radius 1 is 1.50 bits per heavy atom. The van der Waals surface area contributed by atoms with Crippen LogP contribution in [0.25, 0.3) is 0 Å². The van der Waals surface area contributed by atoms with E-state index in [0.717, 1.165) is 18.8 Å². The van der Waals surface area contributed by atoms with E-state index in [2.05, 4.69) is 10.3 Å². The molecule has 4 heteroatoms. The number of hydrogen-bond acceptors (Lipinski definition) is 3. The molecule has 0 spiro atoms. The lowest BCUT2D eigenvalue weighted by Gasteiger charge is -2.20. The van der Waals surface area contributed by atoms with Crippen LogP contribution in [0.5, 0.6) is 0 Å². The van der Waals surface area contributed by atoms with Gasteiger partial charge in [0.1, 0.15) is 0 Å². The lowest BCUT2D eigenvalue weighted by Crippen LogP contribution is -2.32. The molecule has 4 nitrogen and oxygen atoms in total. The van der Waals surface area contributed by atoms with Crippen molar-refractivity contribution < 1.29 is 4.79 Å². The molecule has 16 heavy (non-hydrogen) atoms. The Kier molecular flexibility index (Phi) is 5.50. The van der Waals surface area contributed by atoms with Gasteiger partial charge < -0.3 is 10.2 Å². The highest BCUT2D eigenvalue weighted by atomic mass is 16.2. The molecule has 0 saturated carbocycles. The molecule has 0 radical (unpaired) electrons. The first kappa shape index (κ1) is 12.6. The molecular weight excluding hydrogens is 202 g/mol. The Morgan fingerprint density at radius 2 is 2.31 bits per heavy atom. The topological polar surface area (TPSA) is 45.2 Å². The second kappa shape index (κ2) is 6.95. The number of carbonyl (C=O) groups is 1. The SMILES string of the molecule is CCN(Cc1ccccn1)C(=O)CCNC. The molecule has 1 aromatic rings. The van der Waals surface area contributed by atoms with Crippen molar-refractivity contribution >= 4 is 5.91 Å². The van der Waals surface area contributed by atoms with Crippen LogP contribution in [0.4, 0.5) is 0 Å². The van der Waals surface area contributed by atoms with Gasteiger partial charge in [0.05, 0.1) is 12.2 Å². The van der Waals surface area contributed by atoms with Crippen molar-refractivity contribution in [1.29, 1.82) is 0 Å². The molecular formula is C12H19N3O. The van der Waals surface area contributed by atoms with Gasteiger partial charge in [-0.1, -0.05) is 6.07 Å². The summed E-state index contributed by atoms with van der Waals surface area (Å²) < 4.78 is 0. The van der Waals surface area contributed by atoms with Crippen molar-refractivity contribution in [2.45, 2.75) is 19.9 Å². The van der Waals surface area contributed by atoms with Crippen LogP contribution in [0.15, 0.2) is 24.4 Å². The highest BCUT2D eigenvalue weighted by Gasteiger charge is 2.11. The Morgan fingerprint density at radius 3 is 2.88 bits per heavy atom. The van der Waals surface area contributed by atoms with E-state index in [1.54, 1.807) is 6.20 Å². The predicted octanol–water partition coefficient (Wildman–Crippen LogP) is 1.04. The Hall–Kier alpha value is -1.42. The van der Waals surface area contributed by atoms with Crippen LogP contribution in [0, 0.1) is 0 Å². The van der Waals surface area contributed by atoms with Gasteiger partial charge in [-0.2, -0.15) is 0 Å². The molecule has 0 aliphatic rings. The summed E-state index contributed by atoms with van der Waals surface area (Å²) in [5, 5.41) is 2.98. The number of aromatic nitrogens is 1. The summed E-state index contributed by atoms with van der Waals surface area (Å²) in [5.41, 5.74) is 0.933. The lowest BCUT2D eigenvalue weighted by molar-refractivity contribution is -0.131. The summed E-state index contributed by atoms with van der Waals surface area (Å²) >= 11 is 0. The molecule has 1 amide bonds. The fourth-order valence-electron chi connectivity index (χ4n) is 1.45. The molecule has 0 unspecified atom stereocenters. The first-order valence-electron chi connectivity index (χ1n) is 5.60. The molecule has 0 bridgehead atoms. The normalized spacial score (nSPS) is 10.1. The van der Waals surface area contributed by atoms with Gasteiger partial charge in [0.25, 0.3) is 0 Å². The molecule has 0 atom stereocenters. The Bertz CT molecular complexity index is 313. The molecule has 0 saturated heterocycles. The fraction of sp³-hybridized carbons (Fsp3) is 0.500. The predicted molar refractivity (Wildman–Crippen MR) is 63.9 cm³/mol. The van der Waals surface area contributed by atoms with Crippen LogP contribution in [-0.2, 0) is 11.3 Å². The summed E-state index contributed by atoms with van der Waals surface area (Å²) in [6, 6.07) is 5.75. The fourth-order valence-corrected chi connectivity index (χ4v) is 1.45. The molecule has 88 valence electrons. The van der Waals surface area contributed by atoms with Gasteiger partial charge in [-0.15, -0.1) is 0 Å². The second-order valence-electron chi connectivity index (χ2n) is 3.58. The largest absolute Gasteiger partial charge is 0.337 e. The van der Waals surface area contributed by atoms with E-state index < -0.39 is 0 Å². The molecule has 1 aromatic heterocycles. The van der Waals surface area contributed by atoms with E-state index in [9.17, 15) is 4.79 Å². The minimum Gasteiger partial charge on any atom is -0.337 e. The maximum absolute atomic E-state index is 11.8. The maximum atomic E-state index is 11.8. The molecule has 0 aromatic carbocycles. The van der Waals surface area contributed by atoms with E-state index in [1.807, 2.05) is 37.1 Å². The molecule has 0 fully saturated rings. The Balaban J connectivity index is 2.52. The average molecular weight is 221 g/mol. The van der Waals surface area contributed by atoms with Gasteiger partial charge in [0.15, 0.2) is 0 Å². The minimum atomic E-state index is 0.169. The third-order valence-electron chi connectivity index (χ3n) is 2.40. The first-order chi connectivity index (χ1) is 7.77. The van der Waals surface area contributed by atoms with Crippen LogP contribution < -0.4 is 5.32 Å². The number of hydrogen-bond donors (Lipinski definition) is 1. The highest BCUT2D eigenvalue weighted by Crippen LogP contribution is 2.02. The van der Waals surface area contributed by atoms with E-state index in [0.29, 0.717) is 13.0 Å². The van der Waals surface area contributed by atoms with Crippen molar-refractivity contribution in [3.8, 4) is 0 Å². The number of amides is 1. The van der Waals surface area contributed by atoms with E-state index in [-0.39, 0.29) is 5.91 Å². The van der Waals surface area contributed by atoms with E-state index in [4.69, 9.17) is 0 Å². The smallest absolute Gasteiger partial charge is 0.224 e. The number of pyridine rings is 1. The third kappa shape index (κ3) is 3.98. The average Bonchev–Trinajstić information content (AvgIpc) is 2.34. The summed E-state index contributed by atoms with van der Waals surface area (Å²) in [6.07, 6.45) is 2.29. The van der Waals surface area contributed by atoms with Crippen LogP contribution in [-0.4, -0.2) is 35.9 Å². The van der Waals surface area contributed by atoms with Gasteiger partial charge >= 0.3 is 0 Å². The van der Waals surface area contributed by atoms with Crippen molar-refractivity contribution in [2.24, 2.45) is 0 Å². The number of carbonyl (C=O) groups excluding carboxylic acids is 1. The van der Waals surface area contributed by atoms with Crippen LogP contribution in [0.1, 0.15) is 19.0 Å². The second-order valence-corrected chi connectivity index (χ2v) is 3.58. The maximum Gasteiger partial charge on any atom is 0.224 e. The van der Waals surface area contributed by atoms with Gasteiger partial charge in [0, 0.05) is 25.7 Å². The van der Waals surface area contributed by atoms with Crippen molar-refractivity contribution in [2.75, 3.05) is 20.1 Å². The first-order valence-corrected chi connectivity index (χ1v) is 5.60. The van der Waals surface area contributed by atoms with Crippen LogP contribution in [0.2, 0.25) is 0 Å². The summed E-state index contributed by atoms with van der Waals surface area (Å²) in [5.74, 6) is 0.169. The van der Waals surface area contributed by atoms with Crippen molar-refractivity contribution in [1.82, 2.24) is 15.2 Å². The minimum absolute atomic E-state index is 0.169. The summed E-state index contributed by atoms with van der Waals surface area (Å²) in [6.45, 7) is 4.02. The zero-order valence-corrected chi connectivity index (χ0v) is 9.94. The summed E-state index contributed by atoms with van der Waals surface area (Å²) in [4.78, 5) is 17.8. The zero-order chi connectivity index (χ0) is 11.8. The standard InChI is InChI=1S/C12H19N3O/c1-3-15(12(16)7-9-13-2)10-11-6-4-5-8-14-11/h4-6,8,13H,3,7,9-10H2,1-2H3. The van der Waals surface area contributed by atoms with Gasteiger partial charge in [-0.25, -0.2) is 0 Å². The lowest BCUT2D eigenvalue weighted by atomic mass is 10.3. The molecule has 0 aliphatic heterocycles. The molecule has 1 heterocycles. The molecule has 1 N–H and O–H groups in total.